The molecule has 1 aromatic heterocycles. The van der Waals surface area contributed by atoms with E-state index >= 15 is 0 Å². The lowest BCUT2D eigenvalue weighted by molar-refractivity contribution is 0.119. The Bertz CT molecular complexity index is 823. The molecule has 2 heterocycles. The molecule has 2 aromatic rings. The molecular weight excluding hydrogens is 523 g/mol. The van der Waals surface area contributed by atoms with Crippen LogP contribution in [0.4, 0.5) is 0 Å². The van der Waals surface area contributed by atoms with Crippen LogP contribution >= 0.6 is 35.6 Å². The molecule has 1 aromatic carbocycles. The van der Waals surface area contributed by atoms with E-state index in [1.807, 2.05) is 48.4 Å². The molecule has 4 rings (SSSR count). The summed E-state index contributed by atoms with van der Waals surface area (Å²) in [7, 11) is 1.84. The van der Waals surface area contributed by atoms with E-state index in [1.54, 1.807) is 0 Å². The minimum absolute atomic E-state index is 0. The molecule has 0 bridgehead atoms. The van der Waals surface area contributed by atoms with Gasteiger partial charge in [-0.05, 0) is 49.9 Å². The lowest BCUT2D eigenvalue weighted by Crippen LogP contribution is -2.50. The van der Waals surface area contributed by atoms with Crippen LogP contribution in [-0.2, 0) is 6.54 Å². The Morgan fingerprint density at radius 2 is 1.81 bits per heavy atom. The van der Waals surface area contributed by atoms with Gasteiger partial charge in [-0.2, -0.15) is 5.10 Å². The van der Waals surface area contributed by atoms with Gasteiger partial charge in [0, 0.05) is 55.5 Å². The van der Waals surface area contributed by atoms with Crippen molar-refractivity contribution < 1.29 is 0 Å². The summed E-state index contributed by atoms with van der Waals surface area (Å²) in [6.07, 6.45) is 13.3. The van der Waals surface area contributed by atoms with Crippen LogP contribution < -0.4 is 10.6 Å². The van der Waals surface area contributed by atoms with Gasteiger partial charge in [0.1, 0.15) is 0 Å². The third-order valence-electron chi connectivity index (χ3n) is 6.37. The Morgan fingerprint density at radius 3 is 2.48 bits per heavy atom. The standard InChI is InChI=1S/C23H33ClN6.HI/c1-25-23(28-20-11-13-29(14-12-20)21-5-3-2-4-6-21)26-15-18-16-27-30(17-18)22-9-7-19(24)8-10-22;/h7-10,16-17,20-21H,2-6,11-15H2,1H3,(H2,25,26,28);1H. The van der Waals surface area contributed by atoms with Crippen molar-refractivity contribution in [3.63, 3.8) is 0 Å². The zero-order valence-electron chi connectivity index (χ0n) is 18.3. The van der Waals surface area contributed by atoms with Crippen LogP contribution in [0.25, 0.3) is 5.69 Å². The highest BCUT2D eigenvalue weighted by atomic mass is 127. The van der Waals surface area contributed by atoms with Crippen molar-refractivity contribution in [2.24, 2.45) is 4.99 Å². The summed E-state index contributed by atoms with van der Waals surface area (Å²) in [5.41, 5.74) is 2.11. The van der Waals surface area contributed by atoms with Crippen molar-refractivity contribution in [2.75, 3.05) is 20.1 Å². The molecule has 0 atom stereocenters. The number of benzene rings is 1. The normalized spacial score (nSPS) is 19.1. The van der Waals surface area contributed by atoms with E-state index in [9.17, 15) is 0 Å². The molecule has 1 saturated heterocycles. The summed E-state index contributed by atoms with van der Waals surface area (Å²) in [6, 6.07) is 9.01. The molecule has 31 heavy (non-hydrogen) atoms. The van der Waals surface area contributed by atoms with Gasteiger partial charge in [0.15, 0.2) is 5.96 Å². The van der Waals surface area contributed by atoms with Crippen LogP contribution in [0, 0.1) is 0 Å². The van der Waals surface area contributed by atoms with Gasteiger partial charge in [-0.25, -0.2) is 4.68 Å². The van der Waals surface area contributed by atoms with E-state index in [4.69, 9.17) is 11.6 Å². The molecule has 1 aliphatic carbocycles. The Kier molecular flexibility index (Phi) is 9.47. The number of nitrogens with zero attached hydrogens (tertiary/aromatic N) is 4. The summed E-state index contributed by atoms with van der Waals surface area (Å²) in [5, 5.41) is 12.2. The van der Waals surface area contributed by atoms with E-state index in [1.165, 1.54) is 58.0 Å². The van der Waals surface area contributed by atoms with Crippen molar-refractivity contribution >= 4 is 41.5 Å². The van der Waals surface area contributed by atoms with Crippen molar-refractivity contribution in [1.82, 2.24) is 25.3 Å². The van der Waals surface area contributed by atoms with E-state index < -0.39 is 0 Å². The van der Waals surface area contributed by atoms with Gasteiger partial charge in [0.25, 0.3) is 0 Å². The van der Waals surface area contributed by atoms with E-state index in [2.05, 4.69) is 25.6 Å². The highest BCUT2D eigenvalue weighted by Gasteiger charge is 2.26. The van der Waals surface area contributed by atoms with Crippen LogP contribution in [0.5, 0.6) is 0 Å². The average molecular weight is 557 g/mol. The van der Waals surface area contributed by atoms with E-state index in [0.717, 1.165) is 28.3 Å². The maximum absolute atomic E-state index is 5.97. The minimum atomic E-state index is 0. The number of rotatable bonds is 5. The lowest BCUT2D eigenvalue weighted by atomic mass is 9.92. The quantitative estimate of drug-likeness (QED) is 0.321. The number of nitrogens with one attached hydrogen (secondary N) is 2. The monoisotopic (exact) mass is 556 g/mol. The molecule has 2 fully saturated rings. The topological polar surface area (TPSA) is 57.5 Å². The number of halogens is 2. The van der Waals surface area contributed by atoms with Gasteiger partial charge < -0.3 is 15.5 Å². The Hall–Kier alpha value is -1.32. The zero-order chi connectivity index (χ0) is 20.8. The number of aromatic nitrogens is 2. The molecule has 0 unspecified atom stereocenters. The summed E-state index contributed by atoms with van der Waals surface area (Å²) in [6.45, 7) is 3.09. The van der Waals surface area contributed by atoms with Crippen molar-refractivity contribution in [2.45, 2.75) is 63.6 Å². The minimum Gasteiger partial charge on any atom is -0.354 e. The molecular formula is C23H34ClIN6. The first kappa shape index (κ1) is 24.3. The first-order valence-corrected chi connectivity index (χ1v) is 11.6. The van der Waals surface area contributed by atoms with E-state index in [-0.39, 0.29) is 24.0 Å². The highest BCUT2D eigenvalue weighted by Crippen LogP contribution is 2.25. The lowest BCUT2D eigenvalue weighted by Gasteiger charge is -2.39. The average Bonchev–Trinajstić information content (AvgIpc) is 3.27. The van der Waals surface area contributed by atoms with Crippen LogP contribution in [0.15, 0.2) is 41.7 Å². The largest absolute Gasteiger partial charge is 0.354 e. The third kappa shape index (κ3) is 6.83. The first-order valence-electron chi connectivity index (χ1n) is 11.2. The van der Waals surface area contributed by atoms with Crippen molar-refractivity contribution in [3.05, 3.63) is 47.2 Å². The summed E-state index contributed by atoms with van der Waals surface area (Å²) in [4.78, 5) is 7.14. The maximum Gasteiger partial charge on any atom is 0.191 e. The fourth-order valence-electron chi connectivity index (χ4n) is 4.62. The second-order valence-electron chi connectivity index (χ2n) is 8.44. The van der Waals surface area contributed by atoms with Gasteiger partial charge in [-0.3, -0.25) is 4.99 Å². The molecule has 8 heteroatoms. The summed E-state index contributed by atoms with van der Waals surface area (Å²) in [5.74, 6) is 0.866. The predicted octanol–water partition coefficient (Wildman–Crippen LogP) is 4.61. The second-order valence-corrected chi connectivity index (χ2v) is 8.88. The zero-order valence-corrected chi connectivity index (χ0v) is 21.4. The van der Waals surface area contributed by atoms with Crippen LogP contribution in [-0.4, -0.2) is 52.9 Å². The van der Waals surface area contributed by atoms with Gasteiger partial charge in [0.05, 0.1) is 11.9 Å². The van der Waals surface area contributed by atoms with Crippen molar-refractivity contribution in [3.8, 4) is 5.69 Å². The number of hydrogen-bond donors (Lipinski definition) is 2. The number of aliphatic imine (C=N–C) groups is 1. The van der Waals surface area contributed by atoms with Gasteiger partial charge >= 0.3 is 0 Å². The molecule has 170 valence electrons. The van der Waals surface area contributed by atoms with Gasteiger partial charge in [-0.15, -0.1) is 24.0 Å². The van der Waals surface area contributed by atoms with Crippen molar-refractivity contribution in [1.29, 1.82) is 0 Å². The van der Waals surface area contributed by atoms with Crippen LogP contribution in [0.3, 0.4) is 0 Å². The van der Waals surface area contributed by atoms with Crippen LogP contribution in [0.2, 0.25) is 5.02 Å². The molecule has 1 saturated carbocycles. The summed E-state index contributed by atoms with van der Waals surface area (Å²) >= 11 is 5.97. The van der Waals surface area contributed by atoms with Gasteiger partial charge in [-0.1, -0.05) is 30.9 Å². The summed E-state index contributed by atoms with van der Waals surface area (Å²) < 4.78 is 1.87. The number of guanidine groups is 1. The molecule has 6 nitrogen and oxygen atoms in total. The first-order chi connectivity index (χ1) is 14.7. The Labute approximate surface area is 207 Å². The van der Waals surface area contributed by atoms with Crippen LogP contribution in [0.1, 0.15) is 50.5 Å². The third-order valence-corrected chi connectivity index (χ3v) is 6.62. The number of hydrogen-bond acceptors (Lipinski definition) is 3. The smallest absolute Gasteiger partial charge is 0.191 e. The molecule has 1 aliphatic heterocycles. The maximum atomic E-state index is 5.97. The second kappa shape index (κ2) is 12.1. The SMILES string of the molecule is CN=C(NCc1cnn(-c2ccc(Cl)cc2)c1)NC1CCN(C2CCCCC2)CC1.I. The Balaban J connectivity index is 0.00000272. The molecule has 2 N–H and O–H groups in total. The predicted molar refractivity (Wildman–Crippen MR) is 139 cm³/mol. The fraction of sp³-hybridized carbons (Fsp3) is 0.565. The molecule has 2 aliphatic rings. The molecule has 0 spiro atoms. The van der Waals surface area contributed by atoms with Gasteiger partial charge in [0.2, 0.25) is 0 Å². The Morgan fingerprint density at radius 1 is 1.10 bits per heavy atom. The fourth-order valence-corrected chi connectivity index (χ4v) is 4.74. The van der Waals surface area contributed by atoms with E-state index in [0.29, 0.717) is 12.6 Å². The molecule has 0 amide bonds. The molecule has 0 radical (unpaired) electrons. The highest BCUT2D eigenvalue weighted by molar-refractivity contribution is 14.0. The number of likely N-dealkylation sites (tertiary alicyclic amines) is 1. The number of piperidine rings is 1.